The molecule has 0 fully saturated rings. The van der Waals surface area contributed by atoms with Crippen LogP contribution in [0.1, 0.15) is 18.9 Å². The van der Waals surface area contributed by atoms with Crippen LogP contribution in [0.5, 0.6) is 0 Å². The highest BCUT2D eigenvalue weighted by Gasteiger charge is 2.14. The molecule has 2 nitrogen and oxygen atoms in total. The van der Waals surface area contributed by atoms with Gasteiger partial charge in [-0.2, -0.15) is 0 Å². The number of Topliss-reactive ketones (excluding diaryl/α,β-unsaturated/α-hetero) is 1. The fourth-order valence-electron chi connectivity index (χ4n) is 1.46. The zero-order valence-electron chi connectivity index (χ0n) is 9.70. The van der Waals surface area contributed by atoms with E-state index >= 15 is 0 Å². The number of carbonyl (C=O) groups is 1. The van der Waals surface area contributed by atoms with Crippen molar-refractivity contribution in [2.75, 3.05) is 13.7 Å². The van der Waals surface area contributed by atoms with Gasteiger partial charge in [-0.3, -0.25) is 4.79 Å². The van der Waals surface area contributed by atoms with Crippen LogP contribution in [0, 0.1) is 5.92 Å². The van der Waals surface area contributed by atoms with Crippen LogP contribution in [0.4, 0.5) is 0 Å². The Balaban J connectivity index is 2.54. The zero-order chi connectivity index (χ0) is 12.0. The standard InChI is InChI=1S/C13H17BrO2/c1-10(7-8-16-2)13(15)9-11-5-3-4-6-12(11)14/h3-6,10H,7-9H2,1-2H3. The lowest BCUT2D eigenvalue weighted by Gasteiger charge is -2.10. The van der Waals surface area contributed by atoms with E-state index in [2.05, 4.69) is 15.9 Å². The molecule has 0 spiro atoms. The van der Waals surface area contributed by atoms with Crippen LogP contribution >= 0.6 is 15.9 Å². The SMILES string of the molecule is COCCC(C)C(=O)Cc1ccccc1Br. The molecule has 0 aromatic heterocycles. The third-order valence-electron chi connectivity index (χ3n) is 2.63. The smallest absolute Gasteiger partial charge is 0.140 e. The molecule has 1 rings (SSSR count). The van der Waals surface area contributed by atoms with E-state index in [0.717, 1.165) is 16.5 Å². The Morgan fingerprint density at radius 3 is 2.75 bits per heavy atom. The Morgan fingerprint density at radius 2 is 2.12 bits per heavy atom. The number of rotatable bonds is 6. The maximum absolute atomic E-state index is 11.9. The van der Waals surface area contributed by atoms with Gasteiger partial charge in [-0.25, -0.2) is 0 Å². The maximum atomic E-state index is 11.9. The van der Waals surface area contributed by atoms with E-state index in [9.17, 15) is 4.79 Å². The predicted molar refractivity (Wildman–Crippen MR) is 68.5 cm³/mol. The fraction of sp³-hybridized carbons (Fsp3) is 0.462. The number of carbonyl (C=O) groups excluding carboxylic acids is 1. The summed E-state index contributed by atoms with van der Waals surface area (Å²) in [5.41, 5.74) is 1.05. The first kappa shape index (κ1) is 13.4. The zero-order valence-corrected chi connectivity index (χ0v) is 11.3. The van der Waals surface area contributed by atoms with Crippen molar-refractivity contribution < 1.29 is 9.53 Å². The molecule has 88 valence electrons. The van der Waals surface area contributed by atoms with Crippen LogP contribution in [-0.4, -0.2) is 19.5 Å². The van der Waals surface area contributed by atoms with Crippen molar-refractivity contribution in [3.8, 4) is 0 Å². The van der Waals surface area contributed by atoms with Crippen molar-refractivity contribution in [2.24, 2.45) is 5.92 Å². The second-order valence-corrected chi connectivity index (χ2v) is 4.77. The fourth-order valence-corrected chi connectivity index (χ4v) is 1.88. The summed E-state index contributed by atoms with van der Waals surface area (Å²) < 4.78 is 5.98. The molecule has 0 heterocycles. The summed E-state index contributed by atoms with van der Waals surface area (Å²) in [7, 11) is 1.66. The van der Waals surface area contributed by atoms with Gasteiger partial charge in [0.05, 0.1) is 0 Å². The molecule has 0 amide bonds. The van der Waals surface area contributed by atoms with Crippen molar-refractivity contribution in [3.63, 3.8) is 0 Å². The third kappa shape index (κ3) is 4.06. The van der Waals surface area contributed by atoms with Gasteiger partial charge < -0.3 is 4.74 Å². The largest absolute Gasteiger partial charge is 0.385 e. The van der Waals surface area contributed by atoms with E-state index in [4.69, 9.17) is 4.74 Å². The first-order valence-electron chi connectivity index (χ1n) is 5.40. The molecule has 1 aromatic rings. The number of methoxy groups -OCH3 is 1. The normalized spacial score (nSPS) is 12.4. The van der Waals surface area contributed by atoms with Gasteiger partial charge in [0.15, 0.2) is 0 Å². The van der Waals surface area contributed by atoms with Crippen molar-refractivity contribution in [1.82, 2.24) is 0 Å². The van der Waals surface area contributed by atoms with Crippen molar-refractivity contribution in [2.45, 2.75) is 19.8 Å². The average molecular weight is 285 g/mol. The highest BCUT2D eigenvalue weighted by molar-refractivity contribution is 9.10. The summed E-state index contributed by atoms with van der Waals surface area (Å²) >= 11 is 3.45. The van der Waals surface area contributed by atoms with E-state index in [1.165, 1.54) is 0 Å². The summed E-state index contributed by atoms with van der Waals surface area (Å²) in [6, 6.07) is 7.84. The molecule has 16 heavy (non-hydrogen) atoms. The lowest BCUT2D eigenvalue weighted by atomic mass is 9.97. The number of benzene rings is 1. The quantitative estimate of drug-likeness (QED) is 0.802. The molecule has 0 bridgehead atoms. The maximum Gasteiger partial charge on any atom is 0.140 e. The molecule has 0 aliphatic rings. The van der Waals surface area contributed by atoms with Gasteiger partial charge in [0, 0.05) is 30.5 Å². The van der Waals surface area contributed by atoms with Gasteiger partial charge in [0.2, 0.25) is 0 Å². The summed E-state index contributed by atoms with van der Waals surface area (Å²) in [6.45, 7) is 2.60. The van der Waals surface area contributed by atoms with E-state index in [1.807, 2.05) is 31.2 Å². The molecular formula is C13H17BrO2. The van der Waals surface area contributed by atoms with Gasteiger partial charge in [-0.1, -0.05) is 41.1 Å². The van der Waals surface area contributed by atoms with Crippen LogP contribution in [0.2, 0.25) is 0 Å². The summed E-state index contributed by atoms with van der Waals surface area (Å²) in [4.78, 5) is 11.9. The first-order chi connectivity index (χ1) is 7.65. The Labute approximate surface area is 105 Å². The van der Waals surface area contributed by atoms with Gasteiger partial charge in [0.25, 0.3) is 0 Å². The van der Waals surface area contributed by atoms with Gasteiger partial charge >= 0.3 is 0 Å². The van der Waals surface area contributed by atoms with Crippen LogP contribution < -0.4 is 0 Å². The minimum atomic E-state index is 0.0621. The van der Waals surface area contributed by atoms with Crippen molar-refractivity contribution in [3.05, 3.63) is 34.3 Å². The molecule has 0 saturated carbocycles. The van der Waals surface area contributed by atoms with Crippen LogP contribution in [0.15, 0.2) is 28.7 Å². The van der Waals surface area contributed by atoms with Crippen LogP contribution in [-0.2, 0) is 16.0 Å². The molecule has 0 radical (unpaired) electrons. The average Bonchev–Trinajstić information content (AvgIpc) is 2.28. The highest BCUT2D eigenvalue weighted by Crippen LogP contribution is 2.18. The summed E-state index contributed by atoms with van der Waals surface area (Å²) in [6.07, 6.45) is 1.28. The van der Waals surface area contributed by atoms with Gasteiger partial charge in [-0.05, 0) is 18.1 Å². The third-order valence-corrected chi connectivity index (χ3v) is 3.40. The minimum absolute atomic E-state index is 0.0621. The molecule has 0 saturated heterocycles. The predicted octanol–water partition coefficient (Wildman–Crippen LogP) is 3.23. The Hall–Kier alpha value is -0.670. The molecular weight excluding hydrogens is 268 g/mol. The van der Waals surface area contributed by atoms with Crippen molar-refractivity contribution >= 4 is 21.7 Å². The second-order valence-electron chi connectivity index (χ2n) is 3.92. The Morgan fingerprint density at radius 1 is 1.44 bits per heavy atom. The van der Waals surface area contributed by atoms with E-state index in [-0.39, 0.29) is 11.7 Å². The van der Waals surface area contributed by atoms with Gasteiger partial charge in [0.1, 0.15) is 5.78 Å². The van der Waals surface area contributed by atoms with Crippen LogP contribution in [0.25, 0.3) is 0 Å². The molecule has 0 aliphatic carbocycles. The van der Waals surface area contributed by atoms with Crippen LogP contribution in [0.3, 0.4) is 0 Å². The summed E-state index contributed by atoms with van der Waals surface area (Å²) in [5.74, 6) is 0.330. The Kier molecular flexibility index (Phi) is 5.71. The first-order valence-corrected chi connectivity index (χ1v) is 6.19. The number of hydrogen-bond acceptors (Lipinski definition) is 2. The minimum Gasteiger partial charge on any atom is -0.385 e. The topological polar surface area (TPSA) is 26.3 Å². The lowest BCUT2D eigenvalue weighted by molar-refractivity contribution is -0.122. The van der Waals surface area contributed by atoms with E-state index in [0.29, 0.717) is 13.0 Å². The van der Waals surface area contributed by atoms with Crippen molar-refractivity contribution in [1.29, 1.82) is 0 Å². The molecule has 3 heteroatoms. The Bertz CT molecular complexity index is 350. The number of ether oxygens (including phenoxy) is 1. The lowest BCUT2D eigenvalue weighted by Crippen LogP contribution is -2.15. The number of ketones is 1. The highest BCUT2D eigenvalue weighted by atomic mass is 79.9. The summed E-state index contributed by atoms with van der Waals surface area (Å²) in [5, 5.41) is 0. The second kappa shape index (κ2) is 6.81. The van der Waals surface area contributed by atoms with E-state index < -0.39 is 0 Å². The molecule has 1 unspecified atom stereocenters. The van der Waals surface area contributed by atoms with Gasteiger partial charge in [-0.15, -0.1) is 0 Å². The number of halogens is 1. The molecule has 1 atom stereocenters. The monoisotopic (exact) mass is 284 g/mol. The van der Waals surface area contributed by atoms with E-state index in [1.54, 1.807) is 7.11 Å². The number of hydrogen-bond donors (Lipinski definition) is 0. The molecule has 0 N–H and O–H groups in total. The molecule has 0 aliphatic heterocycles. The molecule has 1 aromatic carbocycles.